The Morgan fingerprint density at radius 1 is 0.875 bits per heavy atom. The second-order valence-electron chi connectivity index (χ2n) is 7.71. The molecule has 1 amide bonds. The van der Waals surface area contributed by atoms with E-state index in [1.807, 2.05) is 97.9 Å². The van der Waals surface area contributed by atoms with Crippen LogP contribution in [0.3, 0.4) is 0 Å². The summed E-state index contributed by atoms with van der Waals surface area (Å²) in [6.45, 7) is 0. The average Bonchev–Trinajstić information content (AvgIpc) is 3.09. The van der Waals surface area contributed by atoms with Gasteiger partial charge in [-0.15, -0.1) is 0 Å². The van der Waals surface area contributed by atoms with Crippen molar-refractivity contribution in [2.45, 2.75) is 0 Å². The number of para-hydroxylation sites is 3. The molecule has 0 aliphatic heterocycles. The van der Waals surface area contributed by atoms with Crippen LogP contribution in [0.2, 0.25) is 0 Å². The third kappa shape index (κ3) is 3.30. The minimum atomic E-state index is -0.327. The van der Waals surface area contributed by atoms with Gasteiger partial charge in [0.15, 0.2) is 5.65 Å². The number of amides is 1. The maximum Gasteiger partial charge on any atom is 0.261 e. The van der Waals surface area contributed by atoms with Crippen LogP contribution >= 0.6 is 0 Å². The van der Waals surface area contributed by atoms with Gasteiger partial charge in [0, 0.05) is 31.2 Å². The summed E-state index contributed by atoms with van der Waals surface area (Å²) < 4.78 is 1.79. The van der Waals surface area contributed by atoms with Crippen molar-refractivity contribution in [1.82, 2.24) is 14.5 Å². The number of nitrogens with two attached hydrogens (primary N) is 1. The van der Waals surface area contributed by atoms with Gasteiger partial charge in [0.1, 0.15) is 16.9 Å². The Kier molecular flexibility index (Phi) is 4.71. The monoisotopic (exact) mass is 422 g/mol. The Hall–Kier alpha value is -4.39. The summed E-state index contributed by atoms with van der Waals surface area (Å²) >= 11 is 0. The second-order valence-corrected chi connectivity index (χ2v) is 7.71. The number of hydrogen-bond acceptors (Lipinski definition) is 5. The maximum absolute atomic E-state index is 13.3. The van der Waals surface area contributed by atoms with Crippen LogP contribution in [-0.2, 0) is 0 Å². The average molecular weight is 422 g/mol. The molecule has 0 aliphatic rings. The number of anilines is 3. The van der Waals surface area contributed by atoms with Gasteiger partial charge in [0.05, 0.1) is 11.0 Å². The van der Waals surface area contributed by atoms with Gasteiger partial charge in [-0.1, -0.05) is 30.3 Å². The number of carbonyl (C=O) groups excluding carboxylic acids is 1. The fourth-order valence-corrected chi connectivity index (χ4v) is 3.76. The highest BCUT2D eigenvalue weighted by Gasteiger charge is 2.25. The first-order valence-corrected chi connectivity index (χ1v) is 10.2. The topological polar surface area (TPSA) is 89.1 Å². The van der Waals surface area contributed by atoms with Gasteiger partial charge in [0.25, 0.3) is 5.91 Å². The fraction of sp³-hybridized carbons (Fsp3) is 0.0800. The molecule has 2 heterocycles. The Balaban J connectivity index is 1.73. The smallest absolute Gasteiger partial charge is 0.261 e. The lowest BCUT2D eigenvalue weighted by Gasteiger charge is -2.14. The summed E-state index contributed by atoms with van der Waals surface area (Å²) in [6, 6.07) is 24.8. The van der Waals surface area contributed by atoms with Gasteiger partial charge in [-0.3, -0.25) is 9.36 Å². The number of hydrogen-bond donors (Lipinski definition) is 2. The molecule has 158 valence electrons. The van der Waals surface area contributed by atoms with E-state index in [1.54, 1.807) is 4.57 Å². The predicted octanol–water partition coefficient (Wildman–Crippen LogP) is 4.47. The lowest BCUT2D eigenvalue weighted by molar-refractivity contribution is 0.102. The molecular formula is C25H22N6O. The van der Waals surface area contributed by atoms with Crippen molar-refractivity contribution in [3.63, 3.8) is 0 Å². The third-order valence-electron chi connectivity index (χ3n) is 5.38. The molecule has 0 atom stereocenters. The Morgan fingerprint density at radius 3 is 2.16 bits per heavy atom. The van der Waals surface area contributed by atoms with E-state index in [0.717, 1.165) is 16.9 Å². The first-order valence-electron chi connectivity index (χ1n) is 10.2. The Morgan fingerprint density at radius 2 is 1.50 bits per heavy atom. The molecule has 0 saturated carbocycles. The van der Waals surface area contributed by atoms with E-state index in [1.165, 1.54) is 0 Å². The van der Waals surface area contributed by atoms with E-state index >= 15 is 0 Å². The number of carbonyl (C=O) groups is 1. The summed E-state index contributed by atoms with van der Waals surface area (Å²) in [5, 5.41) is 2.92. The highest BCUT2D eigenvalue weighted by Crippen LogP contribution is 2.32. The largest absolute Gasteiger partial charge is 0.384 e. The summed E-state index contributed by atoms with van der Waals surface area (Å²) in [5.74, 6) is -0.0340. The number of benzene rings is 3. The predicted molar refractivity (Wildman–Crippen MR) is 130 cm³/mol. The minimum Gasteiger partial charge on any atom is -0.384 e. The van der Waals surface area contributed by atoms with E-state index in [4.69, 9.17) is 15.7 Å². The zero-order valence-electron chi connectivity index (χ0n) is 17.8. The van der Waals surface area contributed by atoms with E-state index in [0.29, 0.717) is 33.7 Å². The first kappa shape index (κ1) is 19.6. The van der Waals surface area contributed by atoms with Gasteiger partial charge in [-0.2, -0.15) is 0 Å². The molecule has 0 unspecified atom stereocenters. The van der Waals surface area contributed by atoms with E-state index in [9.17, 15) is 4.79 Å². The molecule has 3 N–H and O–H groups in total. The van der Waals surface area contributed by atoms with Gasteiger partial charge < -0.3 is 16.0 Å². The van der Waals surface area contributed by atoms with Crippen molar-refractivity contribution in [3.8, 4) is 5.69 Å². The van der Waals surface area contributed by atoms with E-state index in [-0.39, 0.29) is 5.91 Å². The van der Waals surface area contributed by atoms with Crippen LogP contribution in [0.1, 0.15) is 10.4 Å². The van der Waals surface area contributed by atoms with Crippen molar-refractivity contribution >= 4 is 45.3 Å². The van der Waals surface area contributed by atoms with Crippen LogP contribution in [0.25, 0.3) is 27.9 Å². The second kappa shape index (κ2) is 7.70. The Bertz CT molecular complexity index is 1440. The molecule has 5 rings (SSSR count). The highest BCUT2D eigenvalue weighted by atomic mass is 16.1. The molecule has 0 radical (unpaired) electrons. The molecule has 0 fully saturated rings. The van der Waals surface area contributed by atoms with Gasteiger partial charge in [-0.05, 0) is 48.5 Å². The summed E-state index contributed by atoms with van der Waals surface area (Å²) in [6.07, 6.45) is 0. The molecule has 2 aromatic heterocycles. The molecule has 7 nitrogen and oxygen atoms in total. The number of nitrogens with zero attached hydrogens (tertiary/aromatic N) is 4. The number of rotatable bonds is 4. The third-order valence-corrected chi connectivity index (χ3v) is 5.38. The van der Waals surface area contributed by atoms with Crippen LogP contribution in [0.4, 0.5) is 17.2 Å². The van der Waals surface area contributed by atoms with Crippen molar-refractivity contribution in [2.75, 3.05) is 30.0 Å². The molecule has 3 aromatic carbocycles. The molecule has 32 heavy (non-hydrogen) atoms. The van der Waals surface area contributed by atoms with Crippen LogP contribution in [-0.4, -0.2) is 34.5 Å². The number of aromatic nitrogens is 3. The zero-order chi connectivity index (χ0) is 22.2. The minimum absolute atomic E-state index is 0.293. The van der Waals surface area contributed by atoms with Gasteiger partial charge in [0.2, 0.25) is 0 Å². The molecule has 0 aliphatic carbocycles. The first-order chi connectivity index (χ1) is 15.5. The quantitative estimate of drug-likeness (QED) is 0.446. The lowest BCUT2D eigenvalue weighted by Crippen LogP contribution is -2.14. The molecule has 5 aromatic rings. The van der Waals surface area contributed by atoms with Crippen molar-refractivity contribution in [3.05, 3.63) is 84.4 Å². The molecule has 7 heteroatoms. The van der Waals surface area contributed by atoms with E-state index < -0.39 is 0 Å². The van der Waals surface area contributed by atoms with Crippen molar-refractivity contribution < 1.29 is 4.79 Å². The molecular weight excluding hydrogens is 400 g/mol. The van der Waals surface area contributed by atoms with Gasteiger partial charge in [-0.25, -0.2) is 9.97 Å². The highest BCUT2D eigenvalue weighted by molar-refractivity contribution is 6.16. The van der Waals surface area contributed by atoms with Gasteiger partial charge >= 0.3 is 0 Å². The lowest BCUT2D eigenvalue weighted by atomic mass is 10.2. The molecule has 0 spiro atoms. The van der Waals surface area contributed by atoms with E-state index in [2.05, 4.69) is 5.32 Å². The fourth-order valence-electron chi connectivity index (χ4n) is 3.76. The number of nitrogen functional groups attached to an aromatic ring is 1. The molecule has 0 bridgehead atoms. The van der Waals surface area contributed by atoms with Crippen LogP contribution < -0.4 is 16.0 Å². The van der Waals surface area contributed by atoms with Crippen LogP contribution in [0, 0.1) is 0 Å². The summed E-state index contributed by atoms with van der Waals surface area (Å²) in [4.78, 5) is 24.9. The standard InChI is InChI=1S/C25H22N6O/c1-30(2)17-12-14-18(15-13-17)31-23(26)21(25(32)27-16-8-4-3-5-9-16)22-24(31)29-20-11-7-6-10-19(20)28-22/h3-15H,26H2,1-2H3,(H,27,32). The van der Waals surface area contributed by atoms with Crippen molar-refractivity contribution in [1.29, 1.82) is 0 Å². The number of nitrogens with one attached hydrogen (secondary N) is 1. The Labute approximate surface area is 185 Å². The van der Waals surface area contributed by atoms with Crippen LogP contribution in [0.15, 0.2) is 78.9 Å². The molecule has 0 saturated heterocycles. The zero-order valence-corrected chi connectivity index (χ0v) is 17.8. The SMILES string of the molecule is CN(C)c1ccc(-n2c(N)c(C(=O)Nc3ccccc3)c3nc4ccccc4nc32)cc1. The van der Waals surface area contributed by atoms with Crippen molar-refractivity contribution in [2.24, 2.45) is 0 Å². The summed E-state index contributed by atoms with van der Waals surface area (Å²) in [7, 11) is 3.97. The number of fused-ring (bicyclic) bond motifs is 2. The van der Waals surface area contributed by atoms with Crippen LogP contribution in [0.5, 0.6) is 0 Å². The maximum atomic E-state index is 13.3. The normalized spacial score (nSPS) is 11.1. The summed E-state index contributed by atoms with van der Waals surface area (Å²) in [5.41, 5.74) is 11.9.